The van der Waals surface area contributed by atoms with Crippen LogP contribution in [-0.4, -0.2) is 71.9 Å². The summed E-state index contributed by atoms with van der Waals surface area (Å²) in [5.41, 5.74) is 1.21. The maximum atomic E-state index is 12.7. The van der Waals surface area contributed by atoms with Gasteiger partial charge in [-0.2, -0.15) is 0 Å². The Morgan fingerprint density at radius 2 is 1.93 bits per heavy atom. The molecule has 0 N–H and O–H groups in total. The van der Waals surface area contributed by atoms with Crippen LogP contribution >= 0.6 is 24.0 Å². The Bertz CT molecular complexity index is 816. The van der Waals surface area contributed by atoms with Crippen LogP contribution in [0.3, 0.4) is 0 Å². The molecule has 0 bridgehead atoms. The summed E-state index contributed by atoms with van der Waals surface area (Å²) < 4.78 is 10.4. The number of nitrogens with zero attached hydrogens (tertiary/aromatic N) is 2. The van der Waals surface area contributed by atoms with Gasteiger partial charge in [0.25, 0.3) is 5.91 Å². The largest absolute Gasteiger partial charge is 0.465 e. The number of carbonyl (C=O) groups excluding carboxylic acids is 3. The molecule has 0 spiro atoms. The average Bonchev–Trinajstić information content (AvgIpc) is 2.99. The van der Waals surface area contributed by atoms with Crippen LogP contribution in [-0.2, 0) is 19.1 Å². The number of carbonyl (C=O) groups is 3. The number of rotatable bonds is 5. The predicted molar refractivity (Wildman–Crippen MR) is 110 cm³/mol. The summed E-state index contributed by atoms with van der Waals surface area (Å²) in [4.78, 5) is 40.1. The fraction of sp³-hybridized carbons (Fsp3) is 0.368. The molecule has 148 valence electrons. The standard InChI is InChI=1S/C19H20N2O5S2/c1-25-18(24)14-4-2-13(3-5-14)12-15-17(23)21(19(27)28-15)7-6-16(22)20-8-10-26-11-9-20/h2-5,12H,6-11H2,1H3/b15-12-. The summed E-state index contributed by atoms with van der Waals surface area (Å²) >= 11 is 6.52. The molecule has 0 radical (unpaired) electrons. The van der Waals surface area contributed by atoms with Crippen LogP contribution in [0.2, 0.25) is 0 Å². The van der Waals surface area contributed by atoms with Gasteiger partial charge in [-0.3, -0.25) is 14.5 Å². The smallest absolute Gasteiger partial charge is 0.337 e. The van der Waals surface area contributed by atoms with Crippen LogP contribution in [0.1, 0.15) is 22.3 Å². The van der Waals surface area contributed by atoms with Gasteiger partial charge in [0, 0.05) is 26.1 Å². The summed E-state index contributed by atoms with van der Waals surface area (Å²) in [6.07, 6.45) is 1.96. The first kappa shape index (κ1) is 20.5. The predicted octanol–water partition coefficient (Wildman–Crippen LogP) is 1.92. The third kappa shape index (κ3) is 4.78. The number of thiocarbonyl (C=S) groups is 1. The number of esters is 1. The van der Waals surface area contributed by atoms with Crippen molar-refractivity contribution in [3.63, 3.8) is 0 Å². The molecule has 0 unspecified atom stereocenters. The number of thioether (sulfide) groups is 1. The van der Waals surface area contributed by atoms with Gasteiger partial charge in [-0.1, -0.05) is 36.1 Å². The van der Waals surface area contributed by atoms with Crippen molar-refractivity contribution < 1.29 is 23.9 Å². The highest BCUT2D eigenvalue weighted by atomic mass is 32.2. The lowest BCUT2D eigenvalue weighted by atomic mass is 10.1. The highest BCUT2D eigenvalue weighted by Crippen LogP contribution is 2.32. The van der Waals surface area contributed by atoms with Crippen molar-refractivity contribution in [2.24, 2.45) is 0 Å². The van der Waals surface area contributed by atoms with Crippen molar-refractivity contribution in [2.45, 2.75) is 6.42 Å². The zero-order valence-electron chi connectivity index (χ0n) is 15.4. The first-order chi connectivity index (χ1) is 13.5. The minimum atomic E-state index is -0.414. The molecule has 2 fully saturated rings. The summed E-state index contributed by atoms with van der Waals surface area (Å²) in [7, 11) is 1.32. The first-order valence-electron chi connectivity index (χ1n) is 8.79. The van der Waals surface area contributed by atoms with Crippen molar-refractivity contribution in [2.75, 3.05) is 40.0 Å². The number of benzene rings is 1. The van der Waals surface area contributed by atoms with E-state index in [-0.39, 0.29) is 24.8 Å². The van der Waals surface area contributed by atoms with E-state index in [9.17, 15) is 14.4 Å². The van der Waals surface area contributed by atoms with E-state index < -0.39 is 5.97 Å². The molecule has 0 atom stereocenters. The van der Waals surface area contributed by atoms with E-state index in [1.54, 1.807) is 35.2 Å². The van der Waals surface area contributed by atoms with Crippen LogP contribution in [0, 0.1) is 0 Å². The summed E-state index contributed by atoms with van der Waals surface area (Å²) in [5.74, 6) is -0.621. The van der Waals surface area contributed by atoms with E-state index in [4.69, 9.17) is 17.0 Å². The van der Waals surface area contributed by atoms with E-state index >= 15 is 0 Å². The van der Waals surface area contributed by atoms with Gasteiger partial charge in [0.2, 0.25) is 5.91 Å². The van der Waals surface area contributed by atoms with E-state index in [0.29, 0.717) is 41.1 Å². The molecule has 3 rings (SSSR count). The SMILES string of the molecule is COC(=O)c1ccc(/C=C2\SC(=S)N(CCC(=O)N3CCOCC3)C2=O)cc1. The second-order valence-electron chi connectivity index (χ2n) is 6.19. The Kier molecular flexibility index (Phi) is 6.82. The summed E-state index contributed by atoms with van der Waals surface area (Å²) in [6.45, 7) is 2.52. The lowest BCUT2D eigenvalue weighted by Gasteiger charge is -2.27. The molecule has 7 nitrogen and oxygen atoms in total. The second-order valence-corrected chi connectivity index (χ2v) is 7.87. The molecule has 9 heteroatoms. The van der Waals surface area contributed by atoms with Crippen molar-refractivity contribution in [1.29, 1.82) is 0 Å². The van der Waals surface area contributed by atoms with E-state index in [2.05, 4.69) is 4.74 Å². The zero-order valence-corrected chi connectivity index (χ0v) is 17.0. The second kappa shape index (κ2) is 9.31. The molecule has 2 aliphatic heterocycles. The molecular formula is C19H20N2O5S2. The van der Waals surface area contributed by atoms with Crippen LogP contribution in [0.25, 0.3) is 6.08 Å². The maximum Gasteiger partial charge on any atom is 0.337 e. The number of morpholine rings is 1. The fourth-order valence-corrected chi connectivity index (χ4v) is 4.16. The molecule has 1 aromatic rings. The normalized spacial score (nSPS) is 18.7. The van der Waals surface area contributed by atoms with Crippen molar-refractivity contribution in [3.05, 3.63) is 40.3 Å². The fourth-order valence-electron chi connectivity index (χ4n) is 2.86. The number of methoxy groups -OCH3 is 1. The minimum absolute atomic E-state index is 0.000251. The molecule has 28 heavy (non-hydrogen) atoms. The highest BCUT2D eigenvalue weighted by molar-refractivity contribution is 8.26. The first-order valence-corrected chi connectivity index (χ1v) is 10.0. The number of ether oxygens (including phenoxy) is 2. The molecule has 0 aliphatic carbocycles. The third-order valence-electron chi connectivity index (χ3n) is 4.42. The molecule has 2 saturated heterocycles. The Morgan fingerprint density at radius 1 is 1.25 bits per heavy atom. The summed E-state index contributed by atoms with van der Waals surface area (Å²) in [6, 6.07) is 6.75. The Balaban J connectivity index is 1.61. The van der Waals surface area contributed by atoms with Gasteiger partial charge < -0.3 is 14.4 Å². The maximum absolute atomic E-state index is 12.7. The van der Waals surface area contributed by atoms with Crippen LogP contribution in [0.4, 0.5) is 0 Å². The molecule has 1 aromatic carbocycles. The van der Waals surface area contributed by atoms with Gasteiger partial charge in [0.05, 0.1) is 30.8 Å². The average molecular weight is 421 g/mol. The third-order valence-corrected chi connectivity index (χ3v) is 5.79. The monoisotopic (exact) mass is 420 g/mol. The van der Waals surface area contributed by atoms with Gasteiger partial charge in [0.15, 0.2) is 0 Å². The van der Waals surface area contributed by atoms with Crippen molar-refractivity contribution in [3.8, 4) is 0 Å². The van der Waals surface area contributed by atoms with E-state index in [0.717, 1.165) is 5.56 Å². The van der Waals surface area contributed by atoms with E-state index in [1.807, 2.05) is 0 Å². The highest BCUT2D eigenvalue weighted by Gasteiger charge is 2.32. The van der Waals surface area contributed by atoms with Gasteiger partial charge in [-0.15, -0.1) is 0 Å². The van der Waals surface area contributed by atoms with Gasteiger partial charge in [-0.05, 0) is 23.8 Å². The van der Waals surface area contributed by atoms with Crippen LogP contribution in [0.5, 0.6) is 0 Å². The van der Waals surface area contributed by atoms with Gasteiger partial charge in [-0.25, -0.2) is 4.79 Å². The zero-order chi connectivity index (χ0) is 20.1. The molecule has 2 heterocycles. The number of amides is 2. The van der Waals surface area contributed by atoms with Crippen molar-refractivity contribution in [1.82, 2.24) is 9.80 Å². The molecule has 2 amide bonds. The van der Waals surface area contributed by atoms with Crippen LogP contribution < -0.4 is 0 Å². The molecular weight excluding hydrogens is 400 g/mol. The molecule has 0 aromatic heterocycles. The lowest BCUT2D eigenvalue weighted by molar-refractivity contribution is -0.135. The number of hydrogen-bond acceptors (Lipinski definition) is 7. The Labute approximate surface area is 172 Å². The van der Waals surface area contributed by atoms with E-state index in [1.165, 1.54) is 23.8 Å². The van der Waals surface area contributed by atoms with Gasteiger partial charge >= 0.3 is 5.97 Å². The number of hydrogen-bond donors (Lipinski definition) is 0. The van der Waals surface area contributed by atoms with Crippen LogP contribution in [0.15, 0.2) is 29.2 Å². The topological polar surface area (TPSA) is 76.2 Å². The molecule has 2 aliphatic rings. The summed E-state index contributed by atoms with van der Waals surface area (Å²) in [5, 5.41) is 0. The Hall–Kier alpha value is -2.23. The quantitative estimate of drug-likeness (QED) is 0.409. The minimum Gasteiger partial charge on any atom is -0.465 e. The molecule has 0 saturated carbocycles. The Morgan fingerprint density at radius 3 is 2.57 bits per heavy atom. The lowest BCUT2D eigenvalue weighted by Crippen LogP contribution is -2.42. The van der Waals surface area contributed by atoms with Crippen molar-refractivity contribution >= 4 is 52.2 Å². The van der Waals surface area contributed by atoms with Gasteiger partial charge in [0.1, 0.15) is 4.32 Å².